The number of guanidine groups is 1. The van der Waals surface area contributed by atoms with E-state index in [1.807, 2.05) is 31.2 Å². The van der Waals surface area contributed by atoms with Crippen LogP contribution in [-0.2, 0) is 4.74 Å². The van der Waals surface area contributed by atoms with Gasteiger partial charge in [0.1, 0.15) is 17.6 Å². The molecule has 1 aromatic carbocycles. The van der Waals surface area contributed by atoms with Crippen LogP contribution in [-0.4, -0.2) is 51.5 Å². The Balaban J connectivity index is 0.00000312. The van der Waals surface area contributed by atoms with Crippen molar-refractivity contribution in [3.8, 4) is 11.5 Å². The van der Waals surface area contributed by atoms with Crippen LogP contribution in [0.4, 0.5) is 0 Å². The van der Waals surface area contributed by atoms with Gasteiger partial charge in [-0.2, -0.15) is 0 Å². The van der Waals surface area contributed by atoms with Crippen LogP contribution >= 0.6 is 24.0 Å². The molecule has 0 aliphatic carbocycles. The Morgan fingerprint density at radius 1 is 1.36 bits per heavy atom. The molecule has 1 aliphatic heterocycles. The standard InChI is InChI=1S/C18H29N3O3.HI/c1-4-19-18(21-13-17-9-6-10-23-17)20-12-14(2)24-16-8-5-7-15(11-16)22-3;/h5,7-8,11,14,17H,4,6,9-10,12-13H2,1-3H3,(H2,19,20,21);1H. The fraction of sp³-hybridized carbons (Fsp3) is 0.611. The first-order valence-corrected chi connectivity index (χ1v) is 8.65. The highest BCUT2D eigenvalue weighted by atomic mass is 127. The van der Waals surface area contributed by atoms with E-state index >= 15 is 0 Å². The second-order valence-electron chi connectivity index (χ2n) is 5.84. The Hall–Kier alpha value is -1.22. The summed E-state index contributed by atoms with van der Waals surface area (Å²) in [4.78, 5) is 4.60. The molecular weight excluding hydrogens is 433 g/mol. The van der Waals surface area contributed by atoms with Gasteiger partial charge in [0.15, 0.2) is 5.96 Å². The van der Waals surface area contributed by atoms with Gasteiger partial charge in [-0.15, -0.1) is 24.0 Å². The van der Waals surface area contributed by atoms with Crippen LogP contribution in [0.25, 0.3) is 0 Å². The van der Waals surface area contributed by atoms with Gasteiger partial charge in [0.2, 0.25) is 0 Å². The summed E-state index contributed by atoms with van der Waals surface area (Å²) in [5.41, 5.74) is 0. The van der Waals surface area contributed by atoms with Crippen molar-refractivity contribution in [2.75, 3.05) is 33.4 Å². The lowest BCUT2D eigenvalue weighted by Gasteiger charge is -2.17. The molecular formula is C18H30IN3O3. The van der Waals surface area contributed by atoms with Gasteiger partial charge in [-0.3, -0.25) is 0 Å². The van der Waals surface area contributed by atoms with Crippen molar-refractivity contribution >= 4 is 29.9 Å². The number of nitrogens with one attached hydrogen (secondary N) is 2. The molecule has 1 saturated heterocycles. The van der Waals surface area contributed by atoms with Crippen LogP contribution in [0.15, 0.2) is 29.3 Å². The first-order chi connectivity index (χ1) is 11.7. The van der Waals surface area contributed by atoms with Gasteiger partial charge in [-0.1, -0.05) is 6.07 Å². The first-order valence-electron chi connectivity index (χ1n) is 8.65. The Bertz CT molecular complexity index is 522. The van der Waals surface area contributed by atoms with E-state index in [9.17, 15) is 0 Å². The van der Waals surface area contributed by atoms with Gasteiger partial charge in [0.25, 0.3) is 0 Å². The van der Waals surface area contributed by atoms with Crippen molar-refractivity contribution in [1.82, 2.24) is 10.6 Å². The minimum Gasteiger partial charge on any atom is -0.497 e. The van der Waals surface area contributed by atoms with Gasteiger partial charge >= 0.3 is 0 Å². The van der Waals surface area contributed by atoms with Gasteiger partial charge in [0.05, 0.1) is 19.8 Å². The SMILES string of the molecule is CCNC(=NCC(C)Oc1cccc(OC)c1)NCC1CCCO1.I. The summed E-state index contributed by atoms with van der Waals surface area (Å²) in [5, 5.41) is 6.59. The summed E-state index contributed by atoms with van der Waals surface area (Å²) < 4.78 is 16.7. The quantitative estimate of drug-likeness (QED) is 0.353. The van der Waals surface area contributed by atoms with Crippen molar-refractivity contribution in [1.29, 1.82) is 0 Å². The molecule has 2 rings (SSSR count). The van der Waals surface area contributed by atoms with E-state index in [2.05, 4.69) is 22.5 Å². The smallest absolute Gasteiger partial charge is 0.191 e. The molecule has 0 amide bonds. The lowest BCUT2D eigenvalue weighted by Crippen LogP contribution is -2.41. The maximum absolute atomic E-state index is 5.90. The molecule has 2 atom stereocenters. The predicted molar refractivity (Wildman–Crippen MR) is 111 cm³/mol. The lowest BCUT2D eigenvalue weighted by molar-refractivity contribution is 0.113. The summed E-state index contributed by atoms with van der Waals surface area (Å²) in [6.07, 6.45) is 2.52. The normalized spacial score (nSPS) is 18.2. The third-order valence-electron chi connectivity index (χ3n) is 3.75. The van der Waals surface area contributed by atoms with E-state index in [0.29, 0.717) is 12.6 Å². The van der Waals surface area contributed by atoms with E-state index in [-0.39, 0.29) is 30.1 Å². The third kappa shape index (κ3) is 8.13. The molecule has 7 heteroatoms. The van der Waals surface area contributed by atoms with Crippen LogP contribution in [0.5, 0.6) is 11.5 Å². The maximum atomic E-state index is 5.90. The molecule has 0 spiro atoms. The highest BCUT2D eigenvalue weighted by molar-refractivity contribution is 14.0. The number of rotatable bonds is 8. The zero-order chi connectivity index (χ0) is 17.2. The van der Waals surface area contributed by atoms with Crippen LogP contribution < -0.4 is 20.1 Å². The van der Waals surface area contributed by atoms with Gasteiger partial charge in [-0.25, -0.2) is 4.99 Å². The minimum atomic E-state index is -0.0321. The number of aliphatic imine (C=N–C) groups is 1. The second kappa shape index (κ2) is 12.2. The fourth-order valence-corrected chi connectivity index (χ4v) is 2.52. The topological polar surface area (TPSA) is 64.1 Å². The average Bonchev–Trinajstić information content (AvgIpc) is 3.11. The van der Waals surface area contributed by atoms with Gasteiger partial charge < -0.3 is 24.8 Å². The van der Waals surface area contributed by atoms with Crippen molar-refractivity contribution in [3.63, 3.8) is 0 Å². The molecule has 142 valence electrons. The number of methoxy groups -OCH3 is 1. The molecule has 0 saturated carbocycles. The van der Waals surface area contributed by atoms with Gasteiger partial charge in [0, 0.05) is 25.8 Å². The highest BCUT2D eigenvalue weighted by Crippen LogP contribution is 2.19. The van der Waals surface area contributed by atoms with E-state index in [1.54, 1.807) is 7.11 Å². The summed E-state index contributed by atoms with van der Waals surface area (Å²) in [6, 6.07) is 7.61. The molecule has 0 aromatic heterocycles. The Morgan fingerprint density at radius 2 is 2.16 bits per heavy atom. The molecule has 1 heterocycles. The van der Waals surface area contributed by atoms with Crippen LogP contribution in [0.1, 0.15) is 26.7 Å². The number of benzene rings is 1. The Morgan fingerprint density at radius 3 is 2.84 bits per heavy atom. The fourth-order valence-electron chi connectivity index (χ4n) is 2.52. The molecule has 1 aromatic rings. The molecule has 6 nitrogen and oxygen atoms in total. The minimum absolute atomic E-state index is 0. The van der Waals surface area contributed by atoms with Gasteiger partial charge in [-0.05, 0) is 38.8 Å². The van der Waals surface area contributed by atoms with Crippen molar-refractivity contribution in [3.05, 3.63) is 24.3 Å². The number of nitrogens with zero attached hydrogens (tertiary/aromatic N) is 1. The largest absolute Gasteiger partial charge is 0.497 e. The van der Waals surface area contributed by atoms with E-state index in [4.69, 9.17) is 14.2 Å². The second-order valence-corrected chi connectivity index (χ2v) is 5.84. The number of ether oxygens (including phenoxy) is 3. The molecule has 1 fully saturated rings. The van der Waals surface area contributed by atoms with E-state index < -0.39 is 0 Å². The molecule has 25 heavy (non-hydrogen) atoms. The third-order valence-corrected chi connectivity index (χ3v) is 3.75. The summed E-state index contributed by atoms with van der Waals surface area (Å²) >= 11 is 0. The first kappa shape index (κ1) is 21.8. The van der Waals surface area contributed by atoms with Crippen molar-refractivity contribution < 1.29 is 14.2 Å². The predicted octanol–water partition coefficient (Wildman–Crippen LogP) is 2.81. The van der Waals surface area contributed by atoms with Crippen molar-refractivity contribution in [2.45, 2.75) is 38.9 Å². The highest BCUT2D eigenvalue weighted by Gasteiger charge is 2.15. The van der Waals surface area contributed by atoms with Crippen molar-refractivity contribution in [2.24, 2.45) is 4.99 Å². The zero-order valence-corrected chi connectivity index (χ0v) is 17.6. The molecule has 0 bridgehead atoms. The van der Waals surface area contributed by atoms with Crippen LogP contribution in [0.3, 0.4) is 0 Å². The lowest BCUT2D eigenvalue weighted by atomic mass is 10.2. The average molecular weight is 463 g/mol. The molecule has 1 aliphatic rings. The van der Waals surface area contributed by atoms with E-state index in [1.165, 1.54) is 0 Å². The number of hydrogen-bond donors (Lipinski definition) is 2. The van der Waals surface area contributed by atoms with Crippen LogP contribution in [0.2, 0.25) is 0 Å². The van der Waals surface area contributed by atoms with Crippen LogP contribution in [0, 0.1) is 0 Å². The summed E-state index contributed by atoms with van der Waals surface area (Å²) in [5.74, 6) is 2.37. The van der Waals surface area contributed by atoms with E-state index in [0.717, 1.165) is 50.0 Å². The maximum Gasteiger partial charge on any atom is 0.191 e. The molecule has 0 radical (unpaired) electrons. The summed E-state index contributed by atoms with van der Waals surface area (Å²) in [6.45, 7) is 7.11. The molecule has 2 N–H and O–H groups in total. The Kier molecular flexibility index (Phi) is 10.6. The number of halogens is 1. The number of hydrogen-bond acceptors (Lipinski definition) is 4. The Labute approximate surface area is 167 Å². The summed E-state index contributed by atoms with van der Waals surface area (Å²) in [7, 11) is 1.65. The molecule has 2 unspecified atom stereocenters. The monoisotopic (exact) mass is 463 g/mol. The zero-order valence-electron chi connectivity index (χ0n) is 15.3.